The van der Waals surface area contributed by atoms with Gasteiger partial charge in [0, 0.05) is 20.1 Å². The second-order valence-electron chi connectivity index (χ2n) is 4.60. The van der Waals surface area contributed by atoms with Crippen LogP contribution in [0.5, 0.6) is 0 Å². The minimum Gasteiger partial charge on any atom is -1.00 e. The lowest BCUT2D eigenvalue weighted by Gasteiger charge is -2.14. The predicted octanol–water partition coefficient (Wildman–Crippen LogP) is -0.925. The van der Waals surface area contributed by atoms with E-state index in [-0.39, 0.29) is 23.1 Å². The first-order valence-electron chi connectivity index (χ1n) is 6.23. The SMILES string of the molecule is NC(=[NH2+])SC1Cc2ccccc2Sc2ccc(Cl)cc21.O.[Cl-]. The van der Waals surface area contributed by atoms with Crippen molar-refractivity contribution in [3.8, 4) is 0 Å². The second kappa shape index (κ2) is 8.13. The van der Waals surface area contributed by atoms with Gasteiger partial charge in [0.1, 0.15) is 0 Å². The molecule has 6 N–H and O–H groups in total. The number of fused-ring (bicyclic) bond motifs is 2. The lowest BCUT2D eigenvalue weighted by atomic mass is 10.0. The molecule has 3 rings (SSSR count). The normalized spacial score (nSPS) is 15.4. The van der Waals surface area contributed by atoms with Gasteiger partial charge in [-0.3, -0.25) is 11.1 Å². The monoisotopic (exact) mass is 374 g/mol. The van der Waals surface area contributed by atoms with Crippen molar-refractivity contribution in [3.63, 3.8) is 0 Å². The van der Waals surface area contributed by atoms with E-state index in [1.54, 1.807) is 11.8 Å². The highest BCUT2D eigenvalue weighted by molar-refractivity contribution is 8.13. The average molecular weight is 375 g/mol. The second-order valence-corrected chi connectivity index (χ2v) is 7.40. The maximum atomic E-state index is 6.16. The van der Waals surface area contributed by atoms with E-state index < -0.39 is 0 Å². The summed E-state index contributed by atoms with van der Waals surface area (Å²) in [4.78, 5) is 2.51. The molecule has 22 heavy (non-hydrogen) atoms. The Hall–Kier alpha value is -0.850. The number of amidine groups is 1. The first-order valence-corrected chi connectivity index (χ1v) is 8.30. The molecule has 1 aliphatic heterocycles. The van der Waals surface area contributed by atoms with Crippen LogP contribution in [0.4, 0.5) is 0 Å². The van der Waals surface area contributed by atoms with Gasteiger partial charge in [-0.2, -0.15) is 0 Å². The molecule has 1 aliphatic rings. The van der Waals surface area contributed by atoms with Gasteiger partial charge in [0.2, 0.25) is 0 Å². The van der Waals surface area contributed by atoms with E-state index in [2.05, 4.69) is 30.3 Å². The zero-order valence-corrected chi connectivity index (χ0v) is 14.7. The van der Waals surface area contributed by atoms with Gasteiger partial charge in [-0.1, -0.05) is 41.6 Å². The van der Waals surface area contributed by atoms with Crippen molar-refractivity contribution < 1.29 is 23.3 Å². The van der Waals surface area contributed by atoms with E-state index in [1.165, 1.54) is 32.7 Å². The predicted molar refractivity (Wildman–Crippen MR) is 90.8 cm³/mol. The van der Waals surface area contributed by atoms with Crippen LogP contribution in [0, 0.1) is 0 Å². The Morgan fingerprint density at radius 1 is 1.23 bits per heavy atom. The fourth-order valence-corrected chi connectivity index (χ4v) is 4.62. The zero-order valence-electron chi connectivity index (χ0n) is 11.6. The van der Waals surface area contributed by atoms with E-state index in [9.17, 15) is 0 Å². The molecular formula is C15H16Cl2N2OS2. The van der Waals surface area contributed by atoms with E-state index in [4.69, 9.17) is 22.7 Å². The number of nitrogens with two attached hydrogens (primary N) is 2. The van der Waals surface area contributed by atoms with Crippen LogP contribution in [0.2, 0.25) is 5.02 Å². The van der Waals surface area contributed by atoms with Crippen molar-refractivity contribution in [1.29, 1.82) is 0 Å². The largest absolute Gasteiger partial charge is 1.00 e. The Kier molecular flexibility index (Phi) is 7.09. The number of hydrogen-bond donors (Lipinski definition) is 2. The van der Waals surface area contributed by atoms with Crippen molar-refractivity contribution in [2.45, 2.75) is 21.5 Å². The van der Waals surface area contributed by atoms with Crippen molar-refractivity contribution in [3.05, 3.63) is 58.6 Å². The summed E-state index contributed by atoms with van der Waals surface area (Å²) in [7, 11) is 0. The van der Waals surface area contributed by atoms with E-state index in [1.807, 2.05) is 12.1 Å². The van der Waals surface area contributed by atoms with Gasteiger partial charge in [-0.05, 0) is 53.6 Å². The number of benzene rings is 2. The highest BCUT2D eigenvalue weighted by atomic mass is 35.5. The molecule has 0 spiro atoms. The quantitative estimate of drug-likeness (QED) is 0.499. The average Bonchev–Trinajstić information content (AvgIpc) is 2.55. The molecule has 0 saturated heterocycles. The molecule has 118 valence electrons. The molecule has 3 nitrogen and oxygen atoms in total. The van der Waals surface area contributed by atoms with Gasteiger partial charge in [0.15, 0.2) is 0 Å². The highest BCUT2D eigenvalue weighted by Crippen LogP contribution is 2.46. The molecule has 0 amide bonds. The summed E-state index contributed by atoms with van der Waals surface area (Å²) in [6, 6.07) is 14.5. The molecule has 0 radical (unpaired) electrons. The van der Waals surface area contributed by atoms with Gasteiger partial charge in [-0.25, -0.2) is 0 Å². The third-order valence-electron chi connectivity index (χ3n) is 3.19. The summed E-state index contributed by atoms with van der Waals surface area (Å²) in [5.74, 6) is 0. The minimum absolute atomic E-state index is 0. The van der Waals surface area contributed by atoms with Crippen molar-refractivity contribution in [1.82, 2.24) is 0 Å². The van der Waals surface area contributed by atoms with Gasteiger partial charge < -0.3 is 17.9 Å². The minimum atomic E-state index is 0. The Balaban J connectivity index is 0.00000121. The Morgan fingerprint density at radius 3 is 2.68 bits per heavy atom. The molecule has 1 heterocycles. The topological polar surface area (TPSA) is 83.1 Å². The molecule has 0 fully saturated rings. The van der Waals surface area contributed by atoms with Crippen LogP contribution in [-0.2, 0) is 6.42 Å². The van der Waals surface area contributed by atoms with Gasteiger partial charge >= 0.3 is 0 Å². The third kappa shape index (κ3) is 4.12. The summed E-state index contributed by atoms with van der Waals surface area (Å²) in [5, 5.41) is 7.05. The van der Waals surface area contributed by atoms with Crippen LogP contribution in [0.15, 0.2) is 52.3 Å². The van der Waals surface area contributed by atoms with Crippen molar-refractivity contribution in [2.75, 3.05) is 0 Å². The van der Waals surface area contributed by atoms with E-state index in [0.717, 1.165) is 11.4 Å². The summed E-state index contributed by atoms with van der Waals surface area (Å²) in [6.45, 7) is 0. The van der Waals surface area contributed by atoms with E-state index >= 15 is 0 Å². The number of hydrogen-bond acceptors (Lipinski definition) is 2. The molecule has 7 heteroatoms. The molecule has 0 bridgehead atoms. The van der Waals surface area contributed by atoms with Crippen LogP contribution < -0.4 is 23.5 Å². The molecule has 0 aromatic heterocycles. The summed E-state index contributed by atoms with van der Waals surface area (Å²) in [5.41, 5.74) is 8.24. The first-order chi connectivity index (χ1) is 9.63. The fourth-order valence-electron chi connectivity index (χ4n) is 2.33. The molecular weight excluding hydrogens is 359 g/mol. The van der Waals surface area contributed by atoms with Crippen LogP contribution in [0.3, 0.4) is 0 Å². The third-order valence-corrected chi connectivity index (χ3v) is 5.62. The maximum Gasteiger partial charge on any atom is 0.300 e. The summed E-state index contributed by atoms with van der Waals surface area (Å²) >= 11 is 9.44. The molecule has 2 aromatic rings. The smallest absolute Gasteiger partial charge is 0.300 e. The van der Waals surface area contributed by atoms with Crippen LogP contribution >= 0.6 is 35.1 Å². The first kappa shape index (κ1) is 19.2. The lowest BCUT2D eigenvalue weighted by molar-refractivity contribution is -0.110. The summed E-state index contributed by atoms with van der Waals surface area (Å²) < 4.78 is 0. The Morgan fingerprint density at radius 2 is 1.95 bits per heavy atom. The standard InChI is InChI=1S/C15H13ClN2S2.ClH.H2O/c16-10-5-6-13-11(8-10)14(20-15(17)18)7-9-3-1-2-4-12(9)19-13;;/h1-6,8,14H,7H2,(H3,17,18);1H;1H2. The molecule has 0 aliphatic carbocycles. The van der Waals surface area contributed by atoms with Gasteiger partial charge in [0.25, 0.3) is 5.17 Å². The molecule has 1 atom stereocenters. The molecule has 0 saturated carbocycles. The Bertz CT molecular complexity index is 682. The maximum absolute atomic E-state index is 6.16. The Labute approximate surface area is 149 Å². The van der Waals surface area contributed by atoms with Crippen LogP contribution in [0.1, 0.15) is 16.4 Å². The number of halogens is 2. The fraction of sp³-hybridized carbons (Fsp3) is 0.133. The lowest BCUT2D eigenvalue weighted by Crippen LogP contribution is -3.00. The van der Waals surface area contributed by atoms with Crippen LogP contribution in [-0.4, -0.2) is 10.6 Å². The van der Waals surface area contributed by atoms with Crippen molar-refractivity contribution in [2.24, 2.45) is 5.73 Å². The highest BCUT2D eigenvalue weighted by Gasteiger charge is 2.25. The van der Waals surface area contributed by atoms with E-state index in [0.29, 0.717) is 5.17 Å². The summed E-state index contributed by atoms with van der Waals surface area (Å²) in [6.07, 6.45) is 0.902. The van der Waals surface area contributed by atoms with Gasteiger partial charge in [-0.15, -0.1) is 0 Å². The number of thioether (sulfide) groups is 1. The number of rotatable bonds is 1. The molecule has 1 unspecified atom stereocenters. The zero-order chi connectivity index (χ0) is 14.1. The molecule has 2 aromatic carbocycles. The van der Waals surface area contributed by atoms with Crippen LogP contribution in [0.25, 0.3) is 0 Å². The van der Waals surface area contributed by atoms with Gasteiger partial charge in [0.05, 0.1) is 0 Å². The van der Waals surface area contributed by atoms with Crippen molar-refractivity contribution >= 4 is 40.3 Å².